The minimum absolute atomic E-state index is 0.362. The zero-order chi connectivity index (χ0) is 13.1. The van der Waals surface area contributed by atoms with E-state index in [1.807, 2.05) is 42.5 Å². The summed E-state index contributed by atoms with van der Waals surface area (Å²) in [6.45, 7) is 0. The van der Waals surface area contributed by atoms with Crippen molar-refractivity contribution in [2.24, 2.45) is 0 Å². The molecular weight excluding hydrogens is 240 g/mol. The molecule has 0 aliphatic heterocycles. The van der Waals surface area contributed by atoms with Crippen LogP contribution in [0.4, 0.5) is 5.88 Å². The maximum absolute atomic E-state index is 5.87. The molecule has 0 amide bonds. The van der Waals surface area contributed by atoms with E-state index in [0.717, 1.165) is 35.4 Å². The van der Waals surface area contributed by atoms with Crippen molar-refractivity contribution in [1.82, 2.24) is 5.16 Å². The van der Waals surface area contributed by atoms with Gasteiger partial charge in [0.15, 0.2) is 0 Å². The molecule has 0 aliphatic carbocycles. The van der Waals surface area contributed by atoms with Crippen molar-refractivity contribution in [2.45, 2.75) is 12.8 Å². The van der Waals surface area contributed by atoms with Crippen LogP contribution in [0.5, 0.6) is 0 Å². The summed E-state index contributed by atoms with van der Waals surface area (Å²) in [6, 6.07) is 13.7. The number of rotatable bonds is 4. The molecule has 2 N–H and O–H groups in total. The minimum atomic E-state index is 0.362. The van der Waals surface area contributed by atoms with Gasteiger partial charge >= 0.3 is 0 Å². The number of hydrogen-bond donors (Lipinski definition) is 1. The van der Waals surface area contributed by atoms with Crippen molar-refractivity contribution in [2.75, 3.05) is 5.73 Å². The second-order valence-corrected chi connectivity index (χ2v) is 4.31. The van der Waals surface area contributed by atoms with E-state index in [2.05, 4.69) is 5.16 Å². The third kappa shape index (κ3) is 2.38. The molecule has 3 rings (SSSR count). The van der Waals surface area contributed by atoms with Crippen LogP contribution in [0.2, 0.25) is 0 Å². The van der Waals surface area contributed by atoms with Gasteiger partial charge in [-0.05, 0) is 17.7 Å². The van der Waals surface area contributed by atoms with Gasteiger partial charge in [0.1, 0.15) is 5.76 Å². The summed E-state index contributed by atoms with van der Waals surface area (Å²) >= 11 is 0. The third-order valence-electron chi connectivity index (χ3n) is 3.04. The van der Waals surface area contributed by atoms with Gasteiger partial charge in [0.2, 0.25) is 5.88 Å². The lowest BCUT2D eigenvalue weighted by atomic mass is 10.0. The number of benzene rings is 1. The van der Waals surface area contributed by atoms with E-state index in [-0.39, 0.29) is 0 Å². The van der Waals surface area contributed by atoms with Gasteiger partial charge in [-0.25, -0.2) is 0 Å². The highest BCUT2D eigenvalue weighted by atomic mass is 16.5. The van der Waals surface area contributed by atoms with Crippen molar-refractivity contribution in [3.05, 3.63) is 60.2 Å². The maximum atomic E-state index is 5.87. The van der Waals surface area contributed by atoms with E-state index in [0.29, 0.717) is 5.88 Å². The molecule has 0 saturated heterocycles. The van der Waals surface area contributed by atoms with Crippen LogP contribution in [0.15, 0.2) is 57.7 Å². The standard InChI is InChI=1S/C15H14N2O2/c16-15-14(11-5-2-1-3-6-11)13(17-19-15)9-8-12-7-4-10-18-12/h1-7,10H,8-9,16H2. The fourth-order valence-corrected chi connectivity index (χ4v) is 2.12. The Bertz CT molecular complexity index is 642. The van der Waals surface area contributed by atoms with Gasteiger partial charge < -0.3 is 14.7 Å². The van der Waals surface area contributed by atoms with Crippen LogP contribution in [-0.4, -0.2) is 5.16 Å². The first kappa shape index (κ1) is 11.6. The molecule has 4 heteroatoms. The Kier molecular flexibility index (Phi) is 3.06. The summed E-state index contributed by atoms with van der Waals surface area (Å²) in [6.07, 6.45) is 3.18. The average molecular weight is 254 g/mol. The number of nitrogens with two attached hydrogens (primary N) is 1. The first-order valence-electron chi connectivity index (χ1n) is 6.16. The van der Waals surface area contributed by atoms with Gasteiger partial charge in [0.05, 0.1) is 17.5 Å². The summed E-state index contributed by atoms with van der Waals surface area (Å²) in [5, 5.41) is 4.05. The van der Waals surface area contributed by atoms with Gasteiger partial charge in [-0.1, -0.05) is 35.5 Å². The summed E-state index contributed by atoms with van der Waals surface area (Å²) in [5.41, 5.74) is 8.64. The lowest BCUT2D eigenvalue weighted by Crippen LogP contribution is -1.94. The molecule has 0 radical (unpaired) electrons. The number of furan rings is 1. The molecule has 0 unspecified atom stereocenters. The highest BCUT2D eigenvalue weighted by molar-refractivity contribution is 5.74. The molecule has 0 atom stereocenters. The third-order valence-corrected chi connectivity index (χ3v) is 3.04. The summed E-state index contributed by atoms with van der Waals surface area (Å²) in [5.74, 6) is 1.29. The fraction of sp³-hybridized carbons (Fsp3) is 0.133. The number of anilines is 1. The quantitative estimate of drug-likeness (QED) is 0.775. The van der Waals surface area contributed by atoms with Crippen LogP contribution >= 0.6 is 0 Å². The highest BCUT2D eigenvalue weighted by Crippen LogP contribution is 2.30. The lowest BCUT2D eigenvalue weighted by molar-refractivity contribution is 0.425. The number of nitrogens with zero attached hydrogens (tertiary/aromatic N) is 1. The lowest BCUT2D eigenvalue weighted by Gasteiger charge is -2.01. The normalized spacial score (nSPS) is 10.7. The molecule has 4 nitrogen and oxygen atoms in total. The van der Waals surface area contributed by atoms with Crippen LogP contribution < -0.4 is 5.73 Å². The molecule has 2 heterocycles. The summed E-state index contributed by atoms with van der Waals surface area (Å²) in [7, 11) is 0. The zero-order valence-electron chi connectivity index (χ0n) is 10.4. The van der Waals surface area contributed by atoms with Crippen molar-refractivity contribution in [3.8, 4) is 11.1 Å². The van der Waals surface area contributed by atoms with Crippen LogP contribution in [-0.2, 0) is 12.8 Å². The first-order chi connectivity index (χ1) is 9.34. The van der Waals surface area contributed by atoms with E-state index in [1.165, 1.54) is 0 Å². The molecule has 0 fully saturated rings. The molecule has 0 spiro atoms. The molecule has 0 saturated carbocycles. The van der Waals surface area contributed by atoms with E-state index >= 15 is 0 Å². The molecule has 96 valence electrons. The molecule has 2 aromatic heterocycles. The Labute approximate surface area is 110 Å². The van der Waals surface area contributed by atoms with E-state index in [1.54, 1.807) is 6.26 Å². The monoisotopic (exact) mass is 254 g/mol. The SMILES string of the molecule is Nc1onc(CCc2ccco2)c1-c1ccccc1. The molecule has 19 heavy (non-hydrogen) atoms. The van der Waals surface area contributed by atoms with Gasteiger partial charge in [0, 0.05) is 12.8 Å². The van der Waals surface area contributed by atoms with Gasteiger partial charge in [-0.3, -0.25) is 0 Å². The summed E-state index contributed by atoms with van der Waals surface area (Å²) in [4.78, 5) is 0. The average Bonchev–Trinajstić information content (AvgIpc) is 3.07. The number of aromatic nitrogens is 1. The van der Waals surface area contributed by atoms with Crippen LogP contribution in [0.25, 0.3) is 11.1 Å². The van der Waals surface area contributed by atoms with Crippen molar-refractivity contribution in [1.29, 1.82) is 0 Å². The van der Waals surface area contributed by atoms with Crippen molar-refractivity contribution >= 4 is 5.88 Å². The van der Waals surface area contributed by atoms with Crippen LogP contribution in [0.1, 0.15) is 11.5 Å². The predicted molar refractivity (Wildman–Crippen MR) is 72.5 cm³/mol. The van der Waals surface area contributed by atoms with Gasteiger partial charge in [-0.15, -0.1) is 0 Å². The zero-order valence-corrected chi connectivity index (χ0v) is 10.4. The topological polar surface area (TPSA) is 65.2 Å². The highest BCUT2D eigenvalue weighted by Gasteiger charge is 2.15. The Hall–Kier alpha value is -2.49. The predicted octanol–water partition coefficient (Wildman–Crippen LogP) is 3.30. The molecule has 0 aliphatic rings. The van der Waals surface area contributed by atoms with E-state index in [9.17, 15) is 0 Å². The second kappa shape index (κ2) is 5.02. The largest absolute Gasteiger partial charge is 0.469 e. The van der Waals surface area contributed by atoms with Crippen LogP contribution in [0.3, 0.4) is 0 Å². The van der Waals surface area contributed by atoms with Crippen molar-refractivity contribution < 1.29 is 8.94 Å². The molecular formula is C15H14N2O2. The van der Waals surface area contributed by atoms with Gasteiger partial charge in [-0.2, -0.15) is 0 Å². The van der Waals surface area contributed by atoms with E-state index < -0.39 is 0 Å². The van der Waals surface area contributed by atoms with Crippen LogP contribution in [0, 0.1) is 0 Å². The second-order valence-electron chi connectivity index (χ2n) is 4.31. The van der Waals surface area contributed by atoms with Gasteiger partial charge in [0.25, 0.3) is 0 Å². The number of nitrogen functional groups attached to an aromatic ring is 1. The minimum Gasteiger partial charge on any atom is -0.469 e. The molecule has 1 aromatic carbocycles. The Balaban J connectivity index is 1.87. The summed E-state index contributed by atoms with van der Waals surface area (Å²) < 4.78 is 10.4. The first-order valence-corrected chi connectivity index (χ1v) is 6.16. The maximum Gasteiger partial charge on any atom is 0.230 e. The molecule has 3 aromatic rings. The fourth-order valence-electron chi connectivity index (χ4n) is 2.12. The number of aryl methyl sites for hydroxylation is 2. The molecule has 0 bridgehead atoms. The van der Waals surface area contributed by atoms with Crippen molar-refractivity contribution in [3.63, 3.8) is 0 Å². The Morgan fingerprint density at radius 3 is 2.58 bits per heavy atom. The number of hydrogen-bond acceptors (Lipinski definition) is 4. The Morgan fingerprint density at radius 1 is 1.00 bits per heavy atom. The Morgan fingerprint density at radius 2 is 1.84 bits per heavy atom. The smallest absolute Gasteiger partial charge is 0.230 e. The van der Waals surface area contributed by atoms with E-state index in [4.69, 9.17) is 14.7 Å².